The van der Waals surface area contributed by atoms with Gasteiger partial charge in [-0.05, 0) is 6.07 Å². The van der Waals surface area contributed by atoms with E-state index in [9.17, 15) is 15.0 Å². The number of esters is 1. The zero-order chi connectivity index (χ0) is 11.4. The van der Waals surface area contributed by atoms with E-state index in [4.69, 9.17) is 0 Å². The first kappa shape index (κ1) is 11.7. The van der Waals surface area contributed by atoms with Gasteiger partial charge in [0.1, 0.15) is 6.10 Å². The number of hydrogen-bond acceptors (Lipinski definition) is 5. The van der Waals surface area contributed by atoms with E-state index < -0.39 is 18.2 Å². The van der Waals surface area contributed by atoms with E-state index >= 15 is 0 Å². The van der Waals surface area contributed by atoms with Gasteiger partial charge in [0.15, 0.2) is 0 Å². The topological polar surface area (TPSA) is 84.6 Å². The maximum Gasteiger partial charge on any atom is 0.308 e. The van der Waals surface area contributed by atoms with Crippen LogP contribution < -0.4 is 0 Å². The van der Waals surface area contributed by atoms with Crippen LogP contribution in [0.2, 0.25) is 0 Å². The number of carbonyl (C=O) groups is 1. The molecule has 2 unspecified atom stereocenters. The zero-order valence-corrected chi connectivity index (χ0v) is 8.62. The highest BCUT2D eigenvalue weighted by Gasteiger charge is 2.23. The van der Waals surface area contributed by atoms with Gasteiger partial charge in [-0.3, -0.25) is 9.48 Å². The van der Waals surface area contributed by atoms with Gasteiger partial charge in [0.2, 0.25) is 0 Å². The third-order valence-electron chi connectivity index (χ3n) is 2.13. The zero-order valence-electron chi connectivity index (χ0n) is 8.62. The molecule has 1 aromatic heterocycles. The molecule has 15 heavy (non-hydrogen) atoms. The monoisotopic (exact) mass is 214 g/mol. The number of aliphatic hydroxyl groups is 2. The van der Waals surface area contributed by atoms with Crippen molar-refractivity contribution in [3.05, 3.63) is 18.0 Å². The SMILES string of the molecule is COC(=O)CC(O)C(O)c1ccnn1C. The lowest BCUT2D eigenvalue weighted by molar-refractivity contribution is -0.144. The fourth-order valence-electron chi connectivity index (χ4n) is 1.24. The van der Waals surface area contributed by atoms with Gasteiger partial charge in [0.05, 0.1) is 25.3 Å². The van der Waals surface area contributed by atoms with Crippen LogP contribution in [0.4, 0.5) is 0 Å². The minimum atomic E-state index is -1.19. The van der Waals surface area contributed by atoms with Gasteiger partial charge in [-0.1, -0.05) is 0 Å². The van der Waals surface area contributed by atoms with Crippen molar-refractivity contribution in [1.29, 1.82) is 0 Å². The number of rotatable bonds is 4. The molecule has 0 aromatic carbocycles. The van der Waals surface area contributed by atoms with Crippen molar-refractivity contribution in [2.75, 3.05) is 7.11 Å². The number of methoxy groups -OCH3 is 1. The summed E-state index contributed by atoms with van der Waals surface area (Å²) >= 11 is 0. The highest BCUT2D eigenvalue weighted by Crippen LogP contribution is 2.17. The van der Waals surface area contributed by atoms with Gasteiger partial charge >= 0.3 is 5.97 Å². The van der Waals surface area contributed by atoms with E-state index in [2.05, 4.69) is 9.84 Å². The molecule has 0 aliphatic rings. The van der Waals surface area contributed by atoms with E-state index in [0.717, 1.165) is 0 Å². The summed E-state index contributed by atoms with van der Waals surface area (Å²) in [6.07, 6.45) is -1.07. The molecule has 84 valence electrons. The Bertz CT molecular complexity index is 337. The quantitative estimate of drug-likeness (QED) is 0.652. The summed E-state index contributed by atoms with van der Waals surface area (Å²) in [5.41, 5.74) is 0.450. The molecule has 2 N–H and O–H groups in total. The summed E-state index contributed by atoms with van der Waals surface area (Å²) in [6.45, 7) is 0. The van der Waals surface area contributed by atoms with Crippen LogP contribution in [0.1, 0.15) is 18.2 Å². The number of nitrogens with zero attached hydrogens (tertiary/aromatic N) is 2. The molecule has 0 spiro atoms. The molecule has 0 amide bonds. The van der Waals surface area contributed by atoms with Crippen LogP contribution in [0.25, 0.3) is 0 Å². The van der Waals surface area contributed by atoms with E-state index in [1.54, 1.807) is 13.1 Å². The fraction of sp³-hybridized carbons (Fsp3) is 0.556. The fourth-order valence-corrected chi connectivity index (χ4v) is 1.24. The number of aliphatic hydroxyl groups excluding tert-OH is 2. The Morgan fingerprint density at radius 2 is 2.33 bits per heavy atom. The second kappa shape index (κ2) is 4.90. The Labute approximate surface area is 87.1 Å². The van der Waals surface area contributed by atoms with Crippen LogP contribution in [0.3, 0.4) is 0 Å². The van der Waals surface area contributed by atoms with Crippen molar-refractivity contribution in [2.24, 2.45) is 7.05 Å². The molecule has 0 aliphatic heterocycles. The molecule has 1 rings (SSSR count). The number of carbonyl (C=O) groups excluding carboxylic acids is 1. The number of ether oxygens (including phenoxy) is 1. The third-order valence-corrected chi connectivity index (χ3v) is 2.13. The van der Waals surface area contributed by atoms with E-state index in [1.165, 1.54) is 18.0 Å². The van der Waals surface area contributed by atoms with Crippen molar-refractivity contribution in [3.8, 4) is 0 Å². The van der Waals surface area contributed by atoms with Crippen LogP contribution in [-0.2, 0) is 16.6 Å². The molecule has 0 saturated carbocycles. The molecule has 0 fully saturated rings. The molecular formula is C9H14N2O4. The molecule has 6 heteroatoms. The smallest absolute Gasteiger partial charge is 0.308 e. The lowest BCUT2D eigenvalue weighted by atomic mass is 10.1. The van der Waals surface area contributed by atoms with Crippen LogP contribution in [0.15, 0.2) is 12.3 Å². The Morgan fingerprint density at radius 1 is 1.67 bits per heavy atom. The third kappa shape index (κ3) is 2.77. The van der Waals surface area contributed by atoms with Crippen molar-refractivity contribution in [1.82, 2.24) is 9.78 Å². The van der Waals surface area contributed by atoms with E-state index in [0.29, 0.717) is 5.69 Å². The molecule has 1 aromatic rings. The predicted octanol–water partition coefficient (Wildman–Crippen LogP) is -0.623. The van der Waals surface area contributed by atoms with Crippen molar-refractivity contribution < 1.29 is 19.7 Å². The minimum Gasteiger partial charge on any atom is -0.469 e. The molecular weight excluding hydrogens is 200 g/mol. The summed E-state index contributed by atoms with van der Waals surface area (Å²) in [7, 11) is 2.87. The standard InChI is InChI=1S/C9H14N2O4/c1-11-6(3-4-10-11)9(14)7(12)5-8(13)15-2/h3-4,7,9,12,14H,5H2,1-2H3. The summed E-state index contributed by atoms with van der Waals surface area (Å²) in [5, 5.41) is 23.1. The molecule has 1 heterocycles. The first-order chi connectivity index (χ1) is 7.06. The summed E-state index contributed by atoms with van der Waals surface area (Å²) in [5.74, 6) is -0.566. The van der Waals surface area contributed by atoms with E-state index in [-0.39, 0.29) is 6.42 Å². The lowest BCUT2D eigenvalue weighted by Gasteiger charge is -2.16. The number of hydrogen-bond donors (Lipinski definition) is 2. The summed E-state index contributed by atoms with van der Waals surface area (Å²) < 4.78 is 5.82. The van der Waals surface area contributed by atoms with E-state index in [1.807, 2.05) is 0 Å². The van der Waals surface area contributed by atoms with Crippen LogP contribution >= 0.6 is 0 Å². The molecule has 0 saturated heterocycles. The lowest BCUT2D eigenvalue weighted by Crippen LogP contribution is -2.24. The Morgan fingerprint density at radius 3 is 2.80 bits per heavy atom. The normalized spacial score (nSPS) is 14.7. The Balaban J connectivity index is 2.64. The largest absolute Gasteiger partial charge is 0.469 e. The maximum atomic E-state index is 10.9. The highest BCUT2D eigenvalue weighted by molar-refractivity contribution is 5.69. The van der Waals surface area contributed by atoms with Gasteiger partial charge in [0, 0.05) is 13.2 Å². The van der Waals surface area contributed by atoms with Gasteiger partial charge in [0.25, 0.3) is 0 Å². The number of aromatic nitrogens is 2. The minimum absolute atomic E-state index is 0.247. The van der Waals surface area contributed by atoms with Crippen LogP contribution in [-0.4, -0.2) is 39.2 Å². The molecule has 6 nitrogen and oxygen atoms in total. The van der Waals surface area contributed by atoms with Gasteiger partial charge in [-0.2, -0.15) is 5.10 Å². The average molecular weight is 214 g/mol. The molecule has 0 bridgehead atoms. The van der Waals surface area contributed by atoms with Crippen LogP contribution in [0.5, 0.6) is 0 Å². The summed E-state index contributed by atoms with van der Waals surface area (Å²) in [4.78, 5) is 10.9. The van der Waals surface area contributed by atoms with Crippen molar-refractivity contribution in [3.63, 3.8) is 0 Å². The summed E-state index contributed by atoms with van der Waals surface area (Å²) in [6, 6.07) is 1.57. The Kier molecular flexibility index (Phi) is 3.81. The molecule has 0 radical (unpaired) electrons. The highest BCUT2D eigenvalue weighted by atomic mass is 16.5. The molecule has 0 aliphatic carbocycles. The average Bonchev–Trinajstić information content (AvgIpc) is 2.63. The molecule has 2 atom stereocenters. The van der Waals surface area contributed by atoms with Crippen LogP contribution in [0, 0.1) is 0 Å². The van der Waals surface area contributed by atoms with Gasteiger partial charge in [-0.25, -0.2) is 0 Å². The van der Waals surface area contributed by atoms with Crippen molar-refractivity contribution in [2.45, 2.75) is 18.6 Å². The predicted molar refractivity (Wildman–Crippen MR) is 50.8 cm³/mol. The van der Waals surface area contributed by atoms with Gasteiger partial charge in [-0.15, -0.1) is 0 Å². The second-order valence-electron chi connectivity index (χ2n) is 3.17. The number of aryl methyl sites for hydroxylation is 1. The van der Waals surface area contributed by atoms with Gasteiger partial charge < -0.3 is 14.9 Å². The second-order valence-corrected chi connectivity index (χ2v) is 3.17. The Hall–Kier alpha value is -1.40. The maximum absolute atomic E-state index is 10.9. The van der Waals surface area contributed by atoms with Crippen molar-refractivity contribution >= 4 is 5.97 Å². The first-order valence-corrected chi connectivity index (χ1v) is 4.47. The first-order valence-electron chi connectivity index (χ1n) is 4.47.